The third-order valence-electron chi connectivity index (χ3n) is 3.01. The summed E-state index contributed by atoms with van der Waals surface area (Å²) in [5.41, 5.74) is 2.11. The van der Waals surface area contributed by atoms with Crippen LogP contribution in [0.3, 0.4) is 0 Å². The van der Waals surface area contributed by atoms with Crippen LogP contribution in [-0.2, 0) is 4.74 Å². The molecule has 1 unspecified atom stereocenters. The van der Waals surface area contributed by atoms with E-state index in [-0.39, 0.29) is 12.7 Å². The Morgan fingerprint density at radius 1 is 1.20 bits per heavy atom. The molecule has 0 saturated carbocycles. The van der Waals surface area contributed by atoms with E-state index in [4.69, 9.17) is 14.7 Å². The van der Waals surface area contributed by atoms with Gasteiger partial charge in [0.25, 0.3) is 0 Å². The zero-order valence-corrected chi connectivity index (χ0v) is 11.3. The van der Waals surface area contributed by atoms with E-state index in [1.165, 1.54) is 0 Å². The van der Waals surface area contributed by atoms with Crippen molar-refractivity contribution in [2.24, 2.45) is 0 Å². The minimum absolute atomic E-state index is 0.0326. The van der Waals surface area contributed by atoms with Crippen LogP contribution in [0.4, 0.5) is 0 Å². The van der Waals surface area contributed by atoms with E-state index >= 15 is 0 Å². The molecule has 0 bridgehead atoms. The summed E-state index contributed by atoms with van der Waals surface area (Å²) in [6, 6.07) is 13.8. The molecule has 0 spiro atoms. The molecule has 1 aromatic heterocycles. The van der Waals surface area contributed by atoms with Crippen molar-refractivity contribution in [3.63, 3.8) is 0 Å². The Bertz CT molecular complexity index is 561. The molecular weight excluding hydrogens is 252 g/mol. The minimum Gasteiger partial charge on any atom is -0.468 e. The van der Waals surface area contributed by atoms with Crippen LogP contribution in [-0.4, -0.2) is 18.9 Å². The highest BCUT2D eigenvalue weighted by Gasteiger charge is 2.14. The van der Waals surface area contributed by atoms with Gasteiger partial charge >= 0.3 is 0 Å². The Balaban J connectivity index is 2.20. The van der Waals surface area contributed by atoms with E-state index in [0.29, 0.717) is 6.42 Å². The van der Waals surface area contributed by atoms with Crippen LogP contribution in [0.5, 0.6) is 5.75 Å². The molecule has 0 aliphatic carbocycles. The largest absolute Gasteiger partial charge is 0.468 e. The third-order valence-corrected chi connectivity index (χ3v) is 3.01. The molecule has 1 heterocycles. The van der Waals surface area contributed by atoms with Crippen LogP contribution in [0, 0.1) is 11.3 Å². The third kappa shape index (κ3) is 3.56. The Morgan fingerprint density at radius 3 is 2.60 bits per heavy atom. The molecular formula is C16H16N2O2. The van der Waals surface area contributed by atoms with Crippen LogP contribution in [0.25, 0.3) is 0 Å². The van der Waals surface area contributed by atoms with E-state index in [0.717, 1.165) is 16.9 Å². The SMILES string of the molecule is COCOc1ccc(C(CC#N)c2cccnc2)cc1. The lowest BCUT2D eigenvalue weighted by Crippen LogP contribution is -2.02. The van der Waals surface area contributed by atoms with Gasteiger partial charge in [0.1, 0.15) is 5.75 Å². The van der Waals surface area contributed by atoms with Gasteiger partial charge in [-0.1, -0.05) is 18.2 Å². The molecule has 0 fully saturated rings. The molecule has 2 rings (SSSR count). The van der Waals surface area contributed by atoms with Crippen LogP contribution in [0.2, 0.25) is 0 Å². The fraction of sp³-hybridized carbons (Fsp3) is 0.250. The Kier molecular flexibility index (Phi) is 5.10. The summed E-state index contributed by atoms with van der Waals surface area (Å²) in [6.45, 7) is 0.226. The molecule has 4 heteroatoms. The molecule has 0 aliphatic heterocycles. The normalized spacial score (nSPS) is 11.6. The standard InChI is InChI=1S/C16H16N2O2/c1-19-12-20-15-6-4-13(5-7-15)16(8-9-17)14-3-2-10-18-11-14/h2-7,10-11,16H,8,12H2,1H3. The molecule has 1 aromatic carbocycles. The number of nitrogens with zero attached hydrogens (tertiary/aromatic N) is 2. The first-order chi connectivity index (χ1) is 9.85. The number of methoxy groups -OCH3 is 1. The maximum absolute atomic E-state index is 9.02. The lowest BCUT2D eigenvalue weighted by molar-refractivity contribution is 0.0511. The zero-order valence-electron chi connectivity index (χ0n) is 11.3. The van der Waals surface area contributed by atoms with Crippen molar-refractivity contribution in [2.45, 2.75) is 12.3 Å². The Morgan fingerprint density at radius 2 is 2.00 bits per heavy atom. The fourth-order valence-electron chi connectivity index (χ4n) is 2.02. The van der Waals surface area contributed by atoms with Gasteiger partial charge in [0, 0.05) is 31.8 Å². The molecule has 1 atom stereocenters. The maximum Gasteiger partial charge on any atom is 0.188 e. The van der Waals surface area contributed by atoms with E-state index in [1.54, 1.807) is 19.5 Å². The summed E-state index contributed by atoms with van der Waals surface area (Å²) in [4.78, 5) is 4.12. The molecule has 0 amide bonds. The number of hydrogen-bond acceptors (Lipinski definition) is 4. The van der Waals surface area contributed by atoms with Gasteiger partial charge in [-0.25, -0.2) is 0 Å². The second-order valence-electron chi connectivity index (χ2n) is 4.32. The lowest BCUT2D eigenvalue weighted by Gasteiger charge is -2.15. The Hall–Kier alpha value is -2.38. The molecule has 0 N–H and O–H groups in total. The number of ether oxygens (including phenoxy) is 2. The zero-order chi connectivity index (χ0) is 14.2. The van der Waals surface area contributed by atoms with Gasteiger partial charge in [0.05, 0.1) is 6.07 Å². The summed E-state index contributed by atoms with van der Waals surface area (Å²) in [5.74, 6) is 0.780. The summed E-state index contributed by atoms with van der Waals surface area (Å²) in [7, 11) is 1.58. The van der Waals surface area contributed by atoms with Gasteiger partial charge in [0.2, 0.25) is 0 Å². The summed E-state index contributed by atoms with van der Waals surface area (Å²) in [5, 5.41) is 9.02. The van der Waals surface area contributed by atoms with Crippen molar-refractivity contribution >= 4 is 0 Å². The summed E-state index contributed by atoms with van der Waals surface area (Å²) in [6.07, 6.45) is 3.95. The molecule has 0 radical (unpaired) electrons. The topological polar surface area (TPSA) is 55.1 Å². The predicted octanol–water partition coefficient (Wildman–Crippen LogP) is 3.11. The molecule has 102 valence electrons. The van der Waals surface area contributed by atoms with Gasteiger partial charge in [-0.3, -0.25) is 4.98 Å². The Labute approximate surface area is 118 Å². The maximum atomic E-state index is 9.02. The van der Waals surface area contributed by atoms with Gasteiger partial charge in [-0.05, 0) is 29.3 Å². The summed E-state index contributed by atoms with van der Waals surface area (Å²) < 4.78 is 10.2. The average Bonchev–Trinajstić information content (AvgIpc) is 2.52. The van der Waals surface area contributed by atoms with Crippen LogP contribution < -0.4 is 4.74 Å². The molecule has 4 nitrogen and oxygen atoms in total. The smallest absolute Gasteiger partial charge is 0.188 e. The van der Waals surface area contributed by atoms with Crippen LogP contribution >= 0.6 is 0 Å². The quantitative estimate of drug-likeness (QED) is 0.755. The monoisotopic (exact) mass is 268 g/mol. The van der Waals surface area contributed by atoms with E-state index < -0.39 is 0 Å². The van der Waals surface area contributed by atoms with Crippen molar-refractivity contribution in [1.29, 1.82) is 5.26 Å². The number of nitriles is 1. The van der Waals surface area contributed by atoms with E-state index in [1.807, 2.05) is 36.4 Å². The van der Waals surface area contributed by atoms with Crippen molar-refractivity contribution in [2.75, 3.05) is 13.9 Å². The number of hydrogen-bond donors (Lipinski definition) is 0. The van der Waals surface area contributed by atoms with Gasteiger partial charge in [0.15, 0.2) is 6.79 Å². The second-order valence-corrected chi connectivity index (χ2v) is 4.32. The van der Waals surface area contributed by atoms with Gasteiger partial charge in [-0.2, -0.15) is 5.26 Å². The van der Waals surface area contributed by atoms with Crippen molar-refractivity contribution < 1.29 is 9.47 Å². The highest BCUT2D eigenvalue weighted by molar-refractivity contribution is 5.35. The van der Waals surface area contributed by atoms with Crippen molar-refractivity contribution in [3.8, 4) is 11.8 Å². The first-order valence-electron chi connectivity index (χ1n) is 6.33. The minimum atomic E-state index is 0.0326. The lowest BCUT2D eigenvalue weighted by atomic mass is 9.90. The highest BCUT2D eigenvalue weighted by atomic mass is 16.7. The first-order valence-corrected chi connectivity index (χ1v) is 6.33. The average molecular weight is 268 g/mol. The number of benzene rings is 1. The number of pyridine rings is 1. The fourth-order valence-corrected chi connectivity index (χ4v) is 2.02. The first kappa shape index (κ1) is 14.0. The highest BCUT2D eigenvalue weighted by Crippen LogP contribution is 2.28. The van der Waals surface area contributed by atoms with Gasteiger partial charge < -0.3 is 9.47 Å². The molecule has 2 aromatic rings. The molecule has 0 saturated heterocycles. The number of rotatable bonds is 6. The van der Waals surface area contributed by atoms with Crippen molar-refractivity contribution in [3.05, 3.63) is 59.9 Å². The second kappa shape index (κ2) is 7.27. The molecule has 20 heavy (non-hydrogen) atoms. The van der Waals surface area contributed by atoms with Crippen LogP contribution in [0.15, 0.2) is 48.8 Å². The van der Waals surface area contributed by atoms with Gasteiger partial charge in [-0.15, -0.1) is 0 Å². The van der Waals surface area contributed by atoms with E-state index in [9.17, 15) is 0 Å². The molecule has 0 aliphatic rings. The van der Waals surface area contributed by atoms with E-state index in [2.05, 4.69) is 11.1 Å². The number of aromatic nitrogens is 1. The summed E-state index contributed by atoms with van der Waals surface area (Å²) >= 11 is 0. The van der Waals surface area contributed by atoms with Crippen molar-refractivity contribution in [1.82, 2.24) is 4.98 Å². The predicted molar refractivity (Wildman–Crippen MR) is 75.3 cm³/mol. The van der Waals surface area contributed by atoms with Crippen LogP contribution in [0.1, 0.15) is 23.5 Å².